The molecule has 1 aromatic heterocycles. The van der Waals surface area contributed by atoms with Crippen molar-refractivity contribution in [3.8, 4) is 0 Å². The molecule has 1 unspecified atom stereocenters. The smallest absolute Gasteiger partial charge is 0.305 e. The number of nitrogens with zero attached hydrogens (tertiary/aromatic N) is 3. The predicted octanol–water partition coefficient (Wildman–Crippen LogP) is 4.91. The molecule has 0 bridgehead atoms. The van der Waals surface area contributed by atoms with E-state index in [9.17, 15) is 33.1 Å². The number of aliphatic carboxylic acids is 1. The molecule has 5 rings (SSSR count). The first-order chi connectivity index (χ1) is 22.2. The zero-order valence-electron chi connectivity index (χ0n) is 24.7. The van der Waals surface area contributed by atoms with Crippen LogP contribution in [0, 0.1) is 11.6 Å². The van der Waals surface area contributed by atoms with E-state index in [0.29, 0.717) is 55.1 Å². The predicted molar refractivity (Wildman–Crippen MR) is 167 cm³/mol. The van der Waals surface area contributed by atoms with Gasteiger partial charge in [-0.05, 0) is 78.7 Å². The lowest BCUT2D eigenvalue weighted by Gasteiger charge is -2.27. The number of hydrogen-bond donors (Lipinski definition) is 3. The van der Waals surface area contributed by atoms with Crippen LogP contribution in [0.2, 0.25) is 0 Å². The molecule has 0 radical (unpaired) electrons. The standard InChI is InChI=1S/C34H31F2N5O5/c35-26-9-4-22(5-10-26)28(20-31(42)43)38-33(45)24-8-13-30(29(19-24)39-32(44)23-6-11-27(36)12-7-23)40-15-2-16-41(18-17-40)34(46)25-3-1-14-37-21-25/h1,3-14,19,21,28H,2,15-18,20H2,(H,38,45)(H,39,44)(H,42,43). The van der Waals surface area contributed by atoms with E-state index in [1.807, 2.05) is 4.90 Å². The highest BCUT2D eigenvalue weighted by Gasteiger charge is 2.24. The summed E-state index contributed by atoms with van der Waals surface area (Å²) in [6, 6.07) is 17.4. The van der Waals surface area contributed by atoms with Gasteiger partial charge in [0.25, 0.3) is 17.7 Å². The van der Waals surface area contributed by atoms with Crippen molar-refractivity contribution in [1.82, 2.24) is 15.2 Å². The van der Waals surface area contributed by atoms with Gasteiger partial charge in [-0.2, -0.15) is 0 Å². The molecule has 1 aliphatic rings. The van der Waals surface area contributed by atoms with E-state index < -0.39 is 41.9 Å². The van der Waals surface area contributed by atoms with Gasteiger partial charge in [0, 0.05) is 49.7 Å². The zero-order chi connectivity index (χ0) is 32.6. The second-order valence-electron chi connectivity index (χ2n) is 10.7. The maximum absolute atomic E-state index is 13.5. The lowest BCUT2D eigenvalue weighted by atomic mass is 10.0. The highest BCUT2D eigenvalue weighted by atomic mass is 19.1. The number of amides is 3. The summed E-state index contributed by atoms with van der Waals surface area (Å²) in [4.78, 5) is 59.0. The molecule has 0 aliphatic carbocycles. The number of carboxylic acids is 1. The van der Waals surface area contributed by atoms with Crippen molar-refractivity contribution < 1.29 is 33.1 Å². The third-order valence-electron chi connectivity index (χ3n) is 7.60. The number of halogens is 2. The Hall–Kier alpha value is -5.65. The number of benzene rings is 3. The molecule has 236 valence electrons. The Morgan fingerprint density at radius 2 is 1.50 bits per heavy atom. The summed E-state index contributed by atoms with van der Waals surface area (Å²) < 4.78 is 27.0. The van der Waals surface area contributed by atoms with E-state index in [0.717, 1.165) is 0 Å². The van der Waals surface area contributed by atoms with Gasteiger partial charge in [0.2, 0.25) is 0 Å². The van der Waals surface area contributed by atoms with Gasteiger partial charge in [-0.1, -0.05) is 12.1 Å². The molecule has 1 saturated heterocycles. The van der Waals surface area contributed by atoms with Crippen molar-refractivity contribution in [2.45, 2.75) is 18.9 Å². The van der Waals surface area contributed by atoms with E-state index in [2.05, 4.69) is 15.6 Å². The Bertz CT molecular complexity index is 1720. The Morgan fingerprint density at radius 3 is 2.17 bits per heavy atom. The minimum atomic E-state index is -1.16. The third-order valence-corrected chi connectivity index (χ3v) is 7.60. The molecule has 0 saturated carbocycles. The van der Waals surface area contributed by atoms with E-state index in [1.54, 1.807) is 35.4 Å². The number of pyridine rings is 1. The van der Waals surface area contributed by atoms with Crippen molar-refractivity contribution >= 4 is 35.1 Å². The summed E-state index contributed by atoms with van der Waals surface area (Å²) in [6.45, 7) is 1.89. The minimum Gasteiger partial charge on any atom is -0.481 e. The number of carboxylic acid groups (broad SMARTS) is 1. The Labute approximate surface area is 263 Å². The largest absolute Gasteiger partial charge is 0.481 e. The highest BCUT2D eigenvalue weighted by Crippen LogP contribution is 2.30. The van der Waals surface area contributed by atoms with Crippen LogP contribution in [0.15, 0.2) is 91.3 Å². The van der Waals surface area contributed by atoms with Gasteiger partial charge in [0.15, 0.2) is 0 Å². The maximum atomic E-state index is 13.5. The molecule has 1 fully saturated rings. The Kier molecular flexibility index (Phi) is 9.96. The number of hydrogen-bond acceptors (Lipinski definition) is 6. The first kappa shape index (κ1) is 31.8. The first-order valence-corrected chi connectivity index (χ1v) is 14.6. The van der Waals surface area contributed by atoms with Crippen LogP contribution in [0.25, 0.3) is 0 Å². The minimum absolute atomic E-state index is 0.135. The summed E-state index contributed by atoms with van der Waals surface area (Å²) in [5, 5.41) is 15.0. The lowest BCUT2D eigenvalue weighted by molar-refractivity contribution is -0.137. The number of carbonyl (C=O) groups excluding carboxylic acids is 3. The average Bonchev–Trinajstić information content (AvgIpc) is 3.31. The van der Waals surface area contributed by atoms with E-state index >= 15 is 0 Å². The van der Waals surface area contributed by atoms with Crippen LogP contribution >= 0.6 is 0 Å². The number of nitrogens with one attached hydrogen (secondary N) is 2. The number of carbonyl (C=O) groups is 4. The topological polar surface area (TPSA) is 132 Å². The molecule has 3 N–H and O–H groups in total. The van der Waals surface area contributed by atoms with E-state index in [-0.39, 0.29) is 17.0 Å². The fourth-order valence-electron chi connectivity index (χ4n) is 5.25. The molecule has 0 spiro atoms. The Morgan fingerprint density at radius 1 is 0.804 bits per heavy atom. The van der Waals surface area contributed by atoms with Gasteiger partial charge in [0.1, 0.15) is 11.6 Å². The molecule has 46 heavy (non-hydrogen) atoms. The van der Waals surface area contributed by atoms with Crippen LogP contribution in [0.1, 0.15) is 55.5 Å². The van der Waals surface area contributed by atoms with Gasteiger partial charge in [-0.3, -0.25) is 24.2 Å². The number of aromatic nitrogens is 1. The van der Waals surface area contributed by atoms with Gasteiger partial charge >= 0.3 is 5.97 Å². The van der Waals surface area contributed by atoms with Gasteiger partial charge in [-0.25, -0.2) is 8.78 Å². The lowest BCUT2D eigenvalue weighted by Crippen LogP contribution is -2.35. The molecule has 3 aromatic carbocycles. The third kappa shape index (κ3) is 7.89. The van der Waals surface area contributed by atoms with Crippen LogP contribution in [0.5, 0.6) is 0 Å². The van der Waals surface area contributed by atoms with Crippen molar-refractivity contribution in [2.75, 3.05) is 36.4 Å². The SMILES string of the molecule is O=C(O)CC(NC(=O)c1ccc(N2CCCN(C(=O)c3cccnc3)CC2)c(NC(=O)c2ccc(F)cc2)c1)c1ccc(F)cc1. The summed E-state index contributed by atoms with van der Waals surface area (Å²) in [5.74, 6) is -3.43. The van der Waals surface area contributed by atoms with Crippen LogP contribution in [0.4, 0.5) is 20.2 Å². The fourth-order valence-corrected chi connectivity index (χ4v) is 5.25. The number of anilines is 2. The molecule has 12 heteroatoms. The van der Waals surface area contributed by atoms with E-state index in [1.165, 1.54) is 60.8 Å². The average molecular weight is 628 g/mol. The molecule has 10 nitrogen and oxygen atoms in total. The van der Waals surface area contributed by atoms with Crippen LogP contribution < -0.4 is 15.5 Å². The summed E-state index contributed by atoms with van der Waals surface area (Å²) >= 11 is 0. The zero-order valence-corrected chi connectivity index (χ0v) is 24.7. The van der Waals surface area contributed by atoms with Crippen molar-refractivity contribution in [3.05, 3.63) is 125 Å². The summed E-state index contributed by atoms with van der Waals surface area (Å²) in [7, 11) is 0. The van der Waals surface area contributed by atoms with Gasteiger partial charge < -0.3 is 25.5 Å². The summed E-state index contributed by atoms with van der Waals surface area (Å²) in [6.07, 6.45) is 3.32. The highest BCUT2D eigenvalue weighted by molar-refractivity contribution is 6.07. The molecule has 2 heterocycles. The summed E-state index contributed by atoms with van der Waals surface area (Å²) in [5.41, 5.74) is 2.13. The fraction of sp³-hybridized carbons (Fsp3) is 0.206. The first-order valence-electron chi connectivity index (χ1n) is 14.6. The van der Waals surface area contributed by atoms with Crippen LogP contribution in [-0.2, 0) is 4.79 Å². The van der Waals surface area contributed by atoms with Crippen molar-refractivity contribution in [2.24, 2.45) is 0 Å². The van der Waals surface area contributed by atoms with Crippen LogP contribution in [0.3, 0.4) is 0 Å². The molecule has 1 aliphatic heterocycles. The monoisotopic (exact) mass is 627 g/mol. The van der Waals surface area contributed by atoms with E-state index in [4.69, 9.17) is 0 Å². The second-order valence-corrected chi connectivity index (χ2v) is 10.7. The molecule has 3 amide bonds. The molecule has 1 atom stereocenters. The molecule has 4 aromatic rings. The van der Waals surface area contributed by atoms with Crippen molar-refractivity contribution in [1.29, 1.82) is 0 Å². The second kappa shape index (κ2) is 14.4. The quantitative estimate of drug-likeness (QED) is 0.240. The normalized spacial score (nSPS) is 13.8. The Balaban J connectivity index is 1.41. The van der Waals surface area contributed by atoms with Gasteiger partial charge in [-0.15, -0.1) is 0 Å². The number of rotatable bonds is 9. The van der Waals surface area contributed by atoms with Crippen molar-refractivity contribution in [3.63, 3.8) is 0 Å². The molecular weight excluding hydrogens is 596 g/mol. The molecular formula is C34H31F2N5O5. The van der Waals surface area contributed by atoms with Gasteiger partial charge in [0.05, 0.1) is 29.4 Å². The van der Waals surface area contributed by atoms with Crippen LogP contribution in [-0.4, -0.2) is 64.9 Å². The maximum Gasteiger partial charge on any atom is 0.305 e.